The van der Waals surface area contributed by atoms with Crippen molar-refractivity contribution in [2.24, 2.45) is 0 Å². The van der Waals surface area contributed by atoms with Crippen LogP contribution in [-0.2, 0) is 16.3 Å². The molecule has 0 aliphatic rings. The monoisotopic (exact) mass is 578 g/mol. The van der Waals surface area contributed by atoms with Crippen LogP contribution in [0.3, 0.4) is 0 Å². The molecule has 0 atom stereocenters. The lowest BCUT2D eigenvalue weighted by molar-refractivity contribution is -0.274. The molecule has 208 valence electrons. The minimum atomic E-state index is -4.82. The second-order valence-corrected chi connectivity index (χ2v) is 11.1. The highest BCUT2D eigenvalue weighted by Gasteiger charge is 2.31. The first-order valence-corrected chi connectivity index (χ1v) is 14.0. The zero-order valence-electron chi connectivity index (χ0n) is 21.7. The molecule has 0 amide bonds. The van der Waals surface area contributed by atoms with E-state index >= 15 is 0 Å². The average Bonchev–Trinajstić information content (AvgIpc) is 3.54. The molecule has 0 spiro atoms. The number of nitrogens with zero attached hydrogens (tertiary/aromatic N) is 4. The number of aryl methyl sites for hydroxylation is 1. The van der Waals surface area contributed by atoms with Crippen LogP contribution in [0.15, 0.2) is 88.3 Å². The Labute approximate surface area is 233 Å². The Kier molecular flexibility index (Phi) is 7.15. The smallest absolute Gasteiger partial charge is 0.440 e. The number of rotatable bonds is 7. The van der Waals surface area contributed by atoms with Crippen LogP contribution in [0.2, 0.25) is 0 Å². The fourth-order valence-corrected chi connectivity index (χ4v) is 4.96. The van der Waals surface area contributed by atoms with E-state index in [0.29, 0.717) is 51.0 Å². The van der Waals surface area contributed by atoms with Crippen molar-refractivity contribution in [2.75, 3.05) is 6.26 Å². The maximum atomic E-state index is 12.7. The maximum Gasteiger partial charge on any atom is 0.573 e. The predicted molar refractivity (Wildman–Crippen MR) is 144 cm³/mol. The molecule has 5 aromatic rings. The maximum absolute atomic E-state index is 12.7. The van der Waals surface area contributed by atoms with Crippen LogP contribution in [-0.4, -0.2) is 35.8 Å². The van der Waals surface area contributed by atoms with Crippen LogP contribution in [0.25, 0.3) is 39.4 Å². The molecule has 0 aliphatic heterocycles. The second-order valence-electron chi connectivity index (χ2n) is 9.10. The number of halogens is 3. The summed E-state index contributed by atoms with van der Waals surface area (Å²) >= 11 is 0. The van der Waals surface area contributed by atoms with Crippen molar-refractivity contribution in [1.82, 2.24) is 14.8 Å². The molecule has 2 aromatic heterocycles. The molecule has 0 unspecified atom stereocenters. The van der Waals surface area contributed by atoms with Crippen LogP contribution in [0.4, 0.5) is 13.2 Å². The first kappa shape index (κ1) is 27.7. The van der Waals surface area contributed by atoms with E-state index in [1.54, 1.807) is 60.3 Å². The summed E-state index contributed by atoms with van der Waals surface area (Å²) in [5, 5.41) is 13.6. The third kappa shape index (κ3) is 6.15. The third-order valence-electron chi connectivity index (χ3n) is 6.08. The van der Waals surface area contributed by atoms with E-state index in [-0.39, 0.29) is 17.1 Å². The van der Waals surface area contributed by atoms with E-state index in [0.717, 1.165) is 6.26 Å². The van der Waals surface area contributed by atoms with Gasteiger partial charge in [-0.05, 0) is 65.7 Å². The van der Waals surface area contributed by atoms with Gasteiger partial charge in [-0.1, -0.05) is 18.2 Å². The minimum Gasteiger partial charge on any atom is -0.440 e. The van der Waals surface area contributed by atoms with E-state index in [4.69, 9.17) is 9.68 Å². The number of nitriles is 1. The lowest BCUT2D eigenvalue weighted by Gasteiger charge is -2.13. The number of oxazole rings is 1. The first-order valence-electron chi connectivity index (χ1n) is 12.1. The highest BCUT2D eigenvalue weighted by molar-refractivity contribution is 7.90. The summed E-state index contributed by atoms with van der Waals surface area (Å²) in [5.41, 5.74) is 3.82. The van der Waals surface area contributed by atoms with Crippen molar-refractivity contribution in [3.63, 3.8) is 0 Å². The molecule has 8 nitrogen and oxygen atoms in total. The molecule has 0 bridgehead atoms. The van der Waals surface area contributed by atoms with Gasteiger partial charge in [-0.15, -0.1) is 13.2 Å². The van der Waals surface area contributed by atoms with Crippen LogP contribution >= 0.6 is 0 Å². The van der Waals surface area contributed by atoms with Gasteiger partial charge in [0.1, 0.15) is 11.4 Å². The number of hydrogen-bond acceptors (Lipinski definition) is 7. The summed E-state index contributed by atoms with van der Waals surface area (Å²) in [6.07, 6.45) is -1.89. The number of benzene rings is 3. The highest BCUT2D eigenvalue weighted by Crippen LogP contribution is 2.39. The number of alkyl halides is 3. The van der Waals surface area contributed by atoms with Gasteiger partial charge < -0.3 is 9.15 Å². The fourth-order valence-electron chi connectivity index (χ4n) is 4.29. The van der Waals surface area contributed by atoms with E-state index in [1.807, 2.05) is 0 Å². The van der Waals surface area contributed by atoms with Gasteiger partial charge in [0.15, 0.2) is 21.5 Å². The molecule has 12 heteroatoms. The number of ether oxygens (including phenoxy) is 1. The predicted octanol–water partition coefficient (Wildman–Crippen LogP) is 6.54. The molecule has 3 aromatic carbocycles. The zero-order valence-corrected chi connectivity index (χ0v) is 22.5. The van der Waals surface area contributed by atoms with Crippen molar-refractivity contribution in [1.29, 1.82) is 5.26 Å². The molecular formula is C29H21F3N4O4S. The van der Waals surface area contributed by atoms with Crippen molar-refractivity contribution in [2.45, 2.75) is 24.6 Å². The molecule has 0 aliphatic carbocycles. The number of sulfone groups is 1. The van der Waals surface area contributed by atoms with Crippen molar-refractivity contribution >= 4 is 9.84 Å². The third-order valence-corrected chi connectivity index (χ3v) is 7.19. The highest BCUT2D eigenvalue weighted by atomic mass is 32.2. The normalized spacial score (nSPS) is 11.8. The molecule has 0 saturated carbocycles. The molecule has 0 N–H and O–H groups in total. The summed E-state index contributed by atoms with van der Waals surface area (Å²) in [6.45, 7) is 1.65. The standard InChI is InChI=1S/C29H21F3N4O4S/c1-18-34-27(19-6-9-23(10-7-19)40-29(30,31)32)28(39-18)25-17-21(20-4-3-5-24(16-20)41(2,37)38)8-11-26(25)36-15-13-22(35-36)12-14-33/h3-11,13,15-17H,12H2,1-2H3. The zero-order chi connectivity index (χ0) is 29.4. The summed E-state index contributed by atoms with van der Waals surface area (Å²) < 4.78 is 74.0. The van der Waals surface area contributed by atoms with Gasteiger partial charge in [0.05, 0.1) is 28.8 Å². The SMILES string of the molecule is Cc1nc(-c2ccc(OC(F)(F)F)cc2)c(-c2cc(-c3cccc(S(C)(=O)=O)c3)ccc2-n2ccc(CC#N)n2)o1. The summed E-state index contributed by atoms with van der Waals surface area (Å²) in [7, 11) is -3.45. The molecule has 2 heterocycles. The van der Waals surface area contributed by atoms with Crippen LogP contribution < -0.4 is 4.74 Å². The van der Waals surface area contributed by atoms with Gasteiger partial charge in [0, 0.05) is 30.5 Å². The van der Waals surface area contributed by atoms with Gasteiger partial charge in [0.25, 0.3) is 0 Å². The quantitative estimate of drug-likeness (QED) is 0.216. The van der Waals surface area contributed by atoms with Gasteiger partial charge in [-0.3, -0.25) is 0 Å². The average molecular weight is 579 g/mol. The van der Waals surface area contributed by atoms with Crippen LogP contribution in [0.1, 0.15) is 11.6 Å². The minimum absolute atomic E-state index is 0.109. The Morgan fingerprint density at radius 1 is 1.00 bits per heavy atom. The van der Waals surface area contributed by atoms with Crippen molar-refractivity contribution in [3.8, 4) is 51.2 Å². The largest absolute Gasteiger partial charge is 0.573 e. The van der Waals surface area contributed by atoms with Crippen molar-refractivity contribution in [3.05, 3.63) is 90.6 Å². The summed E-state index contributed by atoms with van der Waals surface area (Å²) in [6, 6.07) is 20.9. The summed E-state index contributed by atoms with van der Waals surface area (Å²) in [4.78, 5) is 4.66. The fraction of sp³-hybridized carbons (Fsp3) is 0.138. The Morgan fingerprint density at radius 2 is 1.71 bits per heavy atom. The van der Waals surface area contributed by atoms with E-state index in [2.05, 4.69) is 20.9 Å². The summed E-state index contributed by atoms with van der Waals surface area (Å²) in [5.74, 6) is 0.255. The number of aromatic nitrogens is 3. The lowest BCUT2D eigenvalue weighted by atomic mass is 9.98. The Balaban J connectivity index is 1.68. The molecule has 0 radical (unpaired) electrons. The molecule has 5 rings (SSSR count). The van der Waals surface area contributed by atoms with Crippen LogP contribution in [0.5, 0.6) is 5.75 Å². The Hall–Kier alpha value is -4.89. The van der Waals surface area contributed by atoms with Gasteiger partial charge in [-0.2, -0.15) is 10.4 Å². The van der Waals surface area contributed by atoms with E-state index < -0.39 is 16.2 Å². The molecule has 41 heavy (non-hydrogen) atoms. The topological polar surface area (TPSA) is 111 Å². The number of hydrogen-bond donors (Lipinski definition) is 0. The Bertz CT molecular complexity index is 1890. The van der Waals surface area contributed by atoms with E-state index in [1.165, 1.54) is 30.3 Å². The lowest BCUT2D eigenvalue weighted by Crippen LogP contribution is -2.16. The van der Waals surface area contributed by atoms with E-state index in [9.17, 15) is 21.6 Å². The van der Waals surface area contributed by atoms with Crippen molar-refractivity contribution < 1.29 is 30.7 Å². The van der Waals surface area contributed by atoms with Gasteiger partial charge in [0.2, 0.25) is 0 Å². The van der Waals surface area contributed by atoms with Gasteiger partial charge >= 0.3 is 6.36 Å². The van der Waals surface area contributed by atoms with Crippen LogP contribution in [0, 0.1) is 18.3 Å². The Morgan fingerprint density at radius 3 is 2.39 bits per heavy atom. The van der Waals surface area contributed by atoms with Gasteiger partial charge in [-0.25, -0.2) is 18.1 Å². The molecule has 0 fully saturated rings. The second kappa shape index (κ2) is 10.6. The first-order chi connectivity index (χ1) is 19.4. The molecular weight excluding hydrogens is 557 g/mol. The molecule has 0 saturated heterocycles.